The smallest absolute Gasteiger partial charge is 0.306 e. The summed E-state index contributed by atoms with van der Waals surface area (Å²) in [5.74, 6) is -5.35. The van der Waals surface area contributed by atoms with Gasteiger partial charge in [-0.15, -0.1) is 11.6 Å². The van der Waals surface area contributed by atoms with Crippen molar-refractivity contribution in [1.82, 2.24) is 5.32 Å². The Morgan fingerprint density at radius 2 is 1.73 bits per heavy atom. The van der Waals surface area contributed by atoms with E-state index in [1.165, 1.54) is 0 Å². The lowest BCUT2D eigenvalue weighted by atomic mass is 9.49. The number of halogens is 3. The number of amides is 1. The summed E-state index contributed by atoms with van der Waals surface area (Å²) >= 11 is 6.18. The number of carbonyl (C=O) groups excluding carboxylic acids is 2. The van der Waals surface area contributed by atoms with E-state index >= 15 is 0 Å². The van der Waals surface area contributed by atoms with Crippen LogP contribution in [0.4, 0.5) is 8.78 Å². The van der Waals surface area contributed by atoms with E-state index in [1.807, 2.05) is 0 Å². The van der Waals surface area contributed by atoms with Crippen molar-refractivity contribution >= 4 is 23.3 Å². The van der Waals surface area contributed by atoms with Crippen LogP contribution < -0.4 is 5.32 Å². The van der Waals surface area contributed by atoms with Gasteiger partial charge in [-0.25, -0.2) is 0 Å². The second-order valence-corrected chi connectivity index (χ2v) is 8.88. The van der Waals surface area contributed by atoms with Crippen molar-refractivity contribution in [2.45, 2.75) is 74.1 Å². The summed E-state index contributed by atoms with van der Waals surface area (Å²) in [6.07, 6.45) is 4.46. The number of carbonyl (C=O) groups is 2. The van der Waals surface area contributed by atoms with E-state index in [4.69, 9.17) is 11.6 Å². The van der Waals surface area contributed by atoms with Gasteiger partial charge in [-0.2, -0.15) is 8.78 Å². The molecule has 1 atom stereocenters. The van der Waals surface area contributed by atoms with Crippen molar-refractivity contribution in [3.05, 3.63) is 0 Å². The zero-order valence-electron chi connectivity index (χ0n) is 12.4. The number of hydrogen-bond acceptors (Lipinski definition) is 2. The van der Waals surface area contributed by atoms with Gasteiger partial charge in [0.1, 0.15) is 0 Å². The molecule has 5 fully saturated rings. The second kappa shape index (κ2) is 4.22. The monoisotopic (exact) mass is 331 g/mol. The van der Waals surface area contributed by atoms with Gasteiger partial charge < -0.3 is 5.32 Å². The maximum absolute atomic E-state index is 14.2. The van der Waals surface area contributed by atoms with Gasteiger partial charge in [-0.1, -0.05) is 12.8 Å². The molecule has 6 heteroatoms. The van der Waals surface area contributed by atoms with Crippen molar-refractivity contribution in [3.63, 3.8) is 0 Å². The third kappa shape index (κ3) is 1.97. The van der Waals surface area contributed by atoms with Crippen LogP contribution in [0, 0.1) is 11.3 Å². The standard InChI is InChI=1S/C16H20ClF2NO2/c17-14-7-15(8-14,9-14)20-11(21)10-5-13(3-1-2-4-13)12(22)16(18,19)6-10/h10H,1-9H2,(H,20,21). The van der Waals surface area contributed by atoms with Crippen LogP contribution in [0.5, 0.6) is 0 Å². The van der Waals surface area contributed by atoms with Crippen molar-refractivity contribution in [3.8, 4) is 0 Å². The fraction of sp³-hybridized carbons (Fsp3) is 0.875. The molecule has 0 aromatic heterocycles. The van der Waals surface area contributed by atoms with Crippen LogP contribution in [0.2, 0.25) is 0 Å². The molecule has 5 saturated carbocycles. The molecule has 22 heavy (non-hydrogen) atoms. The van der Waals surface area contributed by atoms with Crippen LogP contribution in [-0.4, -0.2) is 28.0 Å². The maximum atomic E-state index is 14.2. The minimum atomic E-state index is -3.36. The highest BCUT2D eigenvalue weighted by Gasteiger charge is 2.68. The summed E-state index contributed by atoms with van der Waals surface area (Å²) in [6, 6.07) is 0. The highest BCUT2D eigenvalue weighted by Crippen LogP contribution is 2.64. The number of Topliss-reactive ketones (excluding diaryl/α,β-unsaturated/α-hetero) is 1. The molecule has 0 radical (unpaired) electrons. The van der Waals surface area contributed by atoms with E-state index in [1.54, 1.807) is 0 Å². The first kappa shape index (κ1) is 14.9. The zero-order valence-corrected chi connectivity index (χ0v) is 13.1. The van der Waals surface area contributed by atoms with Crippen molar-refractivity contribution < 1.29 is 18.4 Å². The number of ketones is 1. The molecule has 0 aromatic carbocycles. The predicted octanol–water partition coefficient (Wildman–Crippen LogP) is 3.19. The van der Waals surface area contributed by atoms with Crippen LogP contribution >= 0.6 is 11.6 Å². The van der Waals surface area contributed by atoms with E-state index in [9.17, 15) is 18.4 Å². The van der Waals surface area contributed by atoms with Gasteiger partial charge >= 0.3 is 5.92 Å². The maximum Gasteiger partial charge on any atom is 0.306 e. The Morgan fingerprint density at radius 3 is 2.27 bits per heavy atom. The average Bonchev–Trinajstić information content (AvgIpc) is 2.81. The predicted molar refractivity (Wildman–Crippen MR) is 76.9 cm³/mol. The Balaban J connectivity index is 1.49. The van der Waals surface area contributed by atoms with Gasteiger partial charge in [0.05, 0.1) is 4.87 Å². The third-order valence-corrected chi connectivity index (χ3v) is 6.64. The molecular formula is C16H20ClF2NO2. The van der Waals surface area contributed by atoms with Crippen LogP contribution in [0.15, 0.2) is 0 Å². The average molecular weight is 332 g/mol. The summed E-state index contributed by atoms with van der Waals surface area (Å²) in [5.41, 5.74) is -1.21. The van der Waals surface area contributed by atoms with Crippen LogP contribution in [-0.2, 0) is 9.59 Å². The van der Waals surface area contributed by atoms with Crippen molar-refractivity contribution in [1.29, 1.82) is 0 Å². The number of alkyl halides is 3. The van der Waals surface area contributed by atoms with Crippen LogP contribution in [0.25, 0.3) is 0 Å². The highest BCUT2D eigenvalue weighted by molar-refractivity contribution is 6.26. The molecule has 2 bridgehead atoms. The largest absolute Gasteiger partial charge is 0.350 e. The Morgan fingerprint density at radius 1 is 1.14 bits per heavy atom. The summed E-state index contributed by atoms with van der Waals surface area (Å²) in [6.45, 7) is 0. The number of hydrogen-bond donors (Lipinski definition) is 1. The van der Waals surface area contributed by atoms with Gasteiger partial charge in [-0.3, -0.25) is 9.59 Å². The first-order chi connectivity index (χ1) is 10.2. The minimum absolute atomic E-state index is 0.160. The lowest BCUT2D eigenvalue weighted by Crippen LogP contribution is -2.77. The Hall–Kier alpha value is -0.710. The fourth-order valence-corrected chi connectivity index (χ4v) is 6.02. The quantitative estimate of drug-likeness (QED) is 0.790. The highest BCUT2D eigenvalue weighted by atomic mass is 35.5. The Labute approximate surface area is 133 Å². The summed E-state index contributed by atoms with van der Waals surface area (Å²) in [4.78, 5) is 24.5. The molecule has 1 amide bonds. The van der Waals surface area contributed by atoms with E-state index in [2.05, 4.69) is 5.32 Å². The van der Waals surface area contributed by atoms with Crippen molar-refractivity contribution in [2.24, 2.45) is 11.3 Å². The molecule has 1 N–H and O–H groups in total. The van der Waals surface area contributed by atoms with Crippen LogP contribution in [0.3, 0.4) is 0 Å². The second-order valence-electron chi connectivity index (χ2n) is 8.08. The number of nitrogens with one attached hydrogen (secondary N) is 1. The lowest BCUT2D eigenvalue weighted by Gasteiger charge is -2.67. The Kier molecular flexibility index (Phi) is 2.85. The molecule has 5 rings (SSSR count). The molecule has 0 aromatic rings. The molecule has 1 spiro atoms. The van der Waals surface area contributed by atoms with Gasteiger partial charge in [0.2, 0.25) is 11.7 Å². The molecular weight excluding hydrogens is 312 g/mol. The van der Waals surface area contributed by atoms with E-state index in [-0.39, 0.29) is 22.7 Å². The van der Waals surface area contributed by atoms with Gasteiger partial charge in [0.25, 0.3) is 0 Å². The summed E-state index contributed by atoms with van der Waals surface area (Å²) < 4.78 is 28.3. The third-order valence-electron chi connectivity index (χ3n) is 6.24. The van der Waals surface area contributed by atoms with E-state index < -0.39 is 29.5 Å². The molecule has 0 aliphatic heterocycles. The molecule has 122 valence electrons. The summed E-state index contributed by atoms with van der Waals surface area (Å²) in [5, 5.41) is 2.94. The normalized spacial score (nSPS) is 44.3. The molecule has 5 aliphatic carbocycles. The van der Waals surface area contributed by atoms with Gasteiger partial charge in [0, 0.05) is 23.3 Å². The molecule has 5 aliphatic rings. The van der Waals surface area contributed by atoms with E-state index in [0.717, 1.165) is 32.1 Å². The zero-order chi connectivity index (χ0) is 15.8. The van der Waals surface area contributed by atoms with Gasteiger partial charge in [-0.05, 0) is 38.5 Å². The van der Waals surface area contributed by atoms with Gasteiger partial charge in [0.15, 0.2) is 0 Å². The topological polar surface area (TPSA) is 46.2 Å². The molecule has 1 unspecified atom stereocenters. The molecule has 0 saturated heterocycles. The number of rotatable bonds is 2. The minimum Gasteiger partial charge on any atom is -0.350 e. The Bertz CT molecular complexity index is 537. The molecule has 3 nitrogen and oxygen atoms in total. The van der Waals surface area contributed by atoms with Crippen LogP contribution in [0.1, 0.15) is 57.8 Å². The first-order valence-corrected chi connectivity index (χ1v) is 8.49. The summed E-state index contributed by atoms with van der Waals surface area (Å²) in [7, 11) is 0. The van der Waals surface area contributed by atoms with Crippen molar-refractivity contribution in [2.75, 3.05) is 0 Å². The fourth-order valence-electron chi connectivity index (χ4n) is 5.26. The lowest BCUT2D eigenvalue weighted by molar-refractivity contribution is -0.169. The molecule has 0 heterocycles. The van der Waals surface area contributed by atoms with E-state index in [0.29, 0.717) is 12.8 Å². The SMILES string of the molecule is O=C(NC12CC(Cl)(C1)C2)C1CC(F)(F)C(=O)C2(CCCC2)C1. The first-order valence-electron chi connectivity index (χ1n) is 8.12.